The van der Waals surface area contributed by atoms with E-state index in [0.29, 0.717) is 43.6 Å². The number of benzene rings is 1. The van der Waals surface area contributed by atoms with E-state index in [1.54, 1.807) is 13.8 Å². The number of alkyl halides is 3. The zero-order valence-corrected chi connectivity index (χ0v) is 13.3. The van der Waals surface area contributed by atoms with Crippen LogP contribution in [-0.4, -0.2) is 12.4 Å². The van der Waals surface area contributed by atoms with Crippen molar-refractivity contribution in [2.24, 2.45) is 0 Å². The van der Waals surface area contributed by atoms with E-state index >= 15 is 0 Å². The molecule has 0 aliphatic rings. The number of ether oxygens (including phenoxy) is 1. The van der Waals surface area contributed by atoms with Gasteiger partial charge in [-0.2, -0.15) is 13.2 Å². The molecule has 1 rings (SSSR count). The van der Waals surface area contributed by atoms with Crippen molar-refractivity contribution in [3.05, 3.63) is 29.3 Å². The summed E-state index contributed by atoms with van der Waals surface area (Å²) in [5.41, 5.74) is -0.130. The average Bonchev–Trinajstić information content (AvgIpc) is 2.48. The van der Waals surface area contributed by atoms with E-state index < -0.39 is 11.7 Å². The third-order valence-corrected chi connectivity index (χ3v) is 3.74. The lowest BCUT2D eigenvalue weighted by Gasteiger charge is -2.20. The lowest BCUT2D eigenvalue weighted by atomic mass is 9.89. The Hall–Kier alpha value is -1.52. The summed E-state index contributed by atoms with van der Waals surface area (Å²) in [6.45, 7) is 5.89. The van der Waals surface area contributed by atoms with E-state index in [-0.39, 0.29) is 11.7 Å². The maximum Gasteiger partial charge on any atom is 0.416 e. The van der Waals surface area contributed by atoms with Gasteiger partial charge in [-0.25, -0.2) is 0 Å². The highest BCUT2D eigenvalue weighted by molar-refractivity contribution is 5.78. The van der Waals surface area contributed by atoms with Crippen LogP contribution >= 0.6 is 0 Å². The maximum atomic E-state index is 12.9. The Balaban J connectivity index is 3.11. The van der Waals surface area contributed by atoms with Crippen LogP contribution in [0.3, 0.4) is 0 Å². The molecular weight excluding hydrogens is 293 g/mol. The lowest BCUT2D eigenvalue weighted by Crippen LogP contribution is -2.10. The fraction of sp³-hybridized carbons (Fsp3) is 0.588. The molecule has 0 amide bonds. The number of carbonyl (C=O) groups is 1. The van der Waals surface area contributed by atoms with Gasteiger partial charge in [0.05, 0.1) is 12.2 Å². The zero-order valence-electron chi connectivity index (χ0n) is 13.3. The molecule has 0 aliphatic carbocycles. The van der Waals surface area contributed by atoms with E-state index in [4.69, 9.17) is 4.74 Å². The van der Waals surface area contributed by atoms with Gasteiger partial charge in [-0.05, 0) is 49.4 Å². The highest BCUT2D eigenvalue weighted by Crippen LogP contribution is 2.38. The standard InChI is InChI=1S/C17H23F3O2/c1-4-12(7-9-14(21)5-2)15-11-13(17(18,19)20)8-10-16(15)22-6-3/h8,10-12H,4-7,9H2,1-3H3. The van der Waals surface area contributed by atoms with Crippen molar-refractivity contribution < 1.29 is 22.7 Å². The minimum Gasteiger partial charge on any atom is -0.494 e. The molecule has 2 nitrogen and oxygen atoms in total. The Labute approximate surface area is 129 Å². The summed E-state index contributed by atoms with van der Waals surface area (Å²) in [7, 11) is 0. The number of hydrogen-bond donors (Lipinski definition) is 0. The van der Waals surface area contributed by atoms with Crippen molar-refractivity contribution in [2.45, 2.75) is 58.5 Å². The molecule has 0 bridgehead atoms. The molecule has 124 valence electrons. The number of ketones is 1. The summed E-state index contributed by atoms with van der Waals surface area (Å²) in [5.74, 6) is 0.494. The van der Waals surface area contributed by atoms with Gasteiger partial charge in [0.25, 0.3) is 0 Å². The Morgan fingerprint density at radius 2 is 1.91 bits per heavy atom. The molecule has 0 N–H and O–H groups in total. The van der Waals surface area contributed by atoms with Crippen LogP contribution in [0.4, 0.5) is 13.2 Å². The van der Waals surface area contributed by atoms with E-state index in [1.807, 2.05) is 6.92 Å². The molecule has 1 unspecified atom stereocenters. The van der Waals surface area contributed by atoms with Crippen LogP contribution in [0.15, 0.2) is 18.2 Å². The van der Waals surface area contributed by atoms with Gasteiger partial charge in [0.15, 0.2) is 0 Å². The second-order valence-corrected chi connectivity index (χ2v) is 5.22. The summed E-state index contributed by atoms with van der Waals surface area (Å²) in [6.07, 6.45) is -2.33. The summed E-state index contributed by atoms with van der Waals surface area (Å²) in [4.78, 5) is 11.5. The Morgan fingerprint density at radius 3 is 2.41 bits per heavy atom. The van der Waals surface area contributed by atoms with Gasteiger partial charge >= 0.3 is 6.18 Å². The van der Waals surface area contributed by atoms with Gasteiger partial charge in [-0.15, -0.1) is 0 Å². The van der Waals surface area contributed by atoms with Crippen LogP contribution < -0.4 is 4.74 Å². The zero-order chi connectivity index (χ0) is 16.8. The average molecular weight is 316 g/mol. The van der Waals surface area contributed by atoms with Gasteiger partial charge in [-0.1, -0.05) is 13.8 Å². The molecule has 0 fully saturated rings. The third-order valence-electron chi connectivity index (χ3n) is 3.74. The molecule has 0 aliphatic heterocycles. The van der Waals surface area contributed by atoms with Crippen molar-refractivity contribution in [3.63, 3.8) is 0 Å². The first kappa shape index (κ1) is 18.5. The molecule has 0 heterocycles. The number of hydrogen-bond acceptors (Lipinski definition) is 2. The molecule has 1 aromatic carbocycles. The molecule has 0 spiro atoms. The molecule has 1 atom stereocenters. The number of Topliss-reactive ketones (excluding diaryl/α,β-unsaturated/α-hetero) is 1. The van der Waals surface area contributed by atoms with E-state index in [1.165, 1.54) is 6.07 Å². The minimum atomic E-state index is -4.38. The van der Waals surface area contributed by atoms with E-state index in [2.05, 4.69) is 0 Å². The Bertz CT molecular complexity index is 495. The molecular formula is C17H23F3O2. The fourth-order valence-corrected chi connectivity index (χ4v) is 2.42. The minimum absolute atomic E-state index is 0.112. The summed E-state index contributed by atoms with van der Waals surface area (Å²) >= 11 is 0. The van der Waals surface area contributed by atoms with Gasteiger partial charge < -0.3 is 4.74 Å². The predicted molar refractivity (Wildman–Crippen MR) is 80.2 cm³/mol. The van der Waals surface area contributed by atoms with E-state index in [0.717, 1.165) is 12.1 Å². The smallest absolute Gasteiger partial charge is 0.416 e. The molecule has 0 radical (unpaired) electrons. The van der Waals surface area contributed by atoms with Gasteiger partial charge in [-0.3, -0.25) is 4.79 Å². The van der Waals surface area contributed by atoms with E-state index in [9.17, 15) is 18.0 Å². The first-order valence-corrected chi connectivity index (χ1v) is 7.69. The molecule has 0 saturated heterocycles. The number of rotatable bonds is 8. The lowest BCUT2D eigenvalue weighted by molar-refractivity contribution is -0.137. The second kappa shape index (κ2) is 8.20. The van der Waals surface area contributed by atoms with Gasteiger partial charge in [0.1, 0.15) is 11.5 Å². The Morgan fingerprint density at radius 1 is 1.23 bits per heavy atom. The van der Waals surface area contributed by atoms with Crippen molar-refractivity contribution >= 4 is 5.78 Å². The number of carbonyl (C=O) groups excluding carboxylic acids is 1. The number of halogens is 3. The largest absolute Gasteiger partial charge is 0.494 e. The van der Waals surface area contributed by atoms with Crippen LogP contribution in [0, 0.1) is 0 Å². The quantitative estimate of drug-likeness (QED) is 0.645. The Kier molecular flexibility index (Phi) is 6.91. The van der Waals surface area contributed by atoms with Gasteiger partial charge in [0.2, 0.25) is 0 Å². The maximum absolute atomic E-state index is 12.9. The second-order valence-electron chi connectivity index (χ2n) is 5.22. The highest BCUT2D eigenvalue weighted by atomic mass is 19.4. The van der Waals surface area contributed by atoms with Crippen LogP contribution in [-0.2, 0) is 11.0 Å². The van der Waals surface area contributed by atoms with Crippen molar-refractivity contribution in [2.75, 3.05) is 6.61 Å². The predicted octanol–water partition coefficient (Wildman–Crippen LogP) is 5.36. The summed E-state index contributed by atoms with van der Waals surface area (Å²) in [5, 5.41) is 0. The summed E-state index contributed by atoms with van der Waals surface area (Å²) in [6, 6.07) is 3.58. The monoisotopic (exact) mass is 316 g/mol. The topological polar surface area (TPSA) is 26.3 Å². The molecule has 0 aromatic heterocycles. The van der Waals surface area contributed by atoms with Gasteiger partial charge in [0, 0.05) is 12.8 Å². The molecule has 5 heteroatoms. The van der Waals surface area contributed by atoms with Crippen LogP contribution in [0.1, 0.15) is 63.5 Å². The highest BCUT2D eigenvalue weighted by Gasteiger charge is 2.32. The SMILES string of the molecule is CCOc1ccc(C(F)(F)F)cc1C(CC)CCC(=O)CC. The van der Waals surface area contributed by atoms with Crippen LogP contribution in [0.5, 0.6) is 5.75 Å². The van der Waals surface area contributed by atoms with Crippen LogP contribution in [0.25, 0.3) is 0 Å². The molecule has 0 saturated carbocycles. The van der Waals surface area contributed by atoms with Crippen molar-refractivity contribution in [1.29, 1.82) is 0 Å². The third kappa shape index (κ3) is 5.04. The summed E-state index contributed by atoms with van der Waals surface area (Å²) < 4.78 is 44.2. The van der Waals surface area contributed by atoms with Crippen LogP contribution in [0.2, 0.25) is 0 Å². The first-order chi connectivity index (χ1) is 10.3. The molecule has 1 aromatic rings. The fourth-order valence-electron chi connectivity index (χ4n) is 2.42. The first-order valence-electron chi connectivity index (χ1n) is 7.69. The van der Waals surface area contributed by atoms with Crippen molar-refractivity contribution in [3.8, 4) is 5.75 Å². The molecule has 22 heavy (non-hydrogen) atoms. The normalized spacial score (nSPS) is 13.0. The van der Waals surface area contributed by atoms with Crippen molar-refractivity contribution in [1.82, 2.24) is 0 Å².